The van der Waals surface area contributed by atoms with Gasteiger partial charge in [0.1, 0.15) is 11.3 Å². The number of furan rings is 1. The fraction of sp³-hybridized carbons (Fsp3) is 0.391. The van der Waals surface area contributed by atoms with E-state index in [0.29, 0.717) is 17.3 Å². The van der Waals surface area contributed by atoms with Gasteiger partial charge in [0.15, 0.2) is 0 Å². The molecule has 6 nitrogen and oxygen atoms in total. The molecule has 1 spiro atoms. The van der Waals surface area contributed by atoms with Crippen molar-refractivity contribution in [3.05, 3.63) is 58.1 Å². The van der Waals surface area contributed by atoms with Gasteiger partial charge in [-0.05, 0) is 36.6 Å². The fourth-order valence-electron chi connectivity index (χ4n) is 5.41. The first-order valence-corrected chi connectivity index (χ1v) is 11.0. The normalized spacial score (nSPS) is 20.1. The molecule has 0 unspecified atom stereocenters. The molecule has 154 valence electrons. The van der Waals surface area contributed by atoms with Crippen molar-refractivity contribution in [2.45, 2.75) is 57.3 Å². The molecule has 6 rings (SSSR count). The summed E-state index contributed by atoms with van der Waals surface area (Å²) in [5, 5.41) is 7.70. The predicted molar refractivity (Wildman–Crippen MR) is 115 cm³/mol. The third-order valence-electron chi connectivity index (χ3n) is 6.72. The van der Waals surface area contributed by atoms with Gasteiger partial charge in [-0.25, -0.2) is 4.79 Å². The maximum atomic E-state index is 12.4. The number of hydrogen-bond donors (Lipinski definition) is 2. The van der Waals surface area contributed by atoms with Crippen LogP contribution in [-0.4, -0.2) is 15.9 Å². The molecule has 1 aromatic carbocycles. The number of nitrogens with zero attached hydrogens (tertiary/aromatic N) is 2. The average Bonchev–Trinajstić information content (AvgIpc) is 3.31. The van der Waals surface area contributed by atoms with Crippen molar-refractivity contribution in [3.8, 4) is 0 Å². The van der Waals surface area contributed by atoms with Crippen molar-refractivity contribution < 1.29 is 9.21 Å². The van der Waals surface area contributed by atoms with Crippen molar-refractivity contribution in [1.82, 2.24) is 15.2 Å². The summed E-state index contributed by atoms with van der Waals surface area (Å²) in [4.78, 5) is 19.2. The first kappa shape index (κ1) is 18.2. The van der Waals surface area contributed by atoms with Gasteiger partial charge in [-0.2, -0.15) is 0 Å². The van der Waals surface area contributed by atoms with E-state index in [4.69, 9.17) is 16.0 Å². The second-order valence-corrected chi connectivity index (χ2v) is 9.12. The summed E-state index contributed by atoms with van der Waals surface area (Å²) in [6.07, 6.45) is 7.03. The molecule has 4 heterocycles. The number of anilines is 1. The lowest BCUT2D eigenvalue weighted by molar-refractivity contribution is 0.208. The molecule has 1 fully saturated rings. The van der Waals surface area contributed by atoms with Crippen LogP contribution in [0.3, 0.4) is 0 Å². The maximum absolute atomic E-state index is 12.4. The monoisotopic (exact) mass is 422 g/mol. The van der Waals surface area contributed by atoms with E-state index in [2.05, 4.69) is 32.7 Å². The van der Waals surface area contributed by atoms with Crippen molar-refractivity contribution >= 4 is 34.3 Å². The van der Waals surface area contributed by atoms with Gasteiger partial charge in [0.2, 0.25) is 0 Å². The molecular formula is C23H23ClN4O2. The Labute approximate surface area is 179 Å². The Hall–Kier alpha value is -2.57. The lowest BCUT2D eigenvalue weighted by Gasteiger charge is -2.42. The Morgan fingerprint density at radius 3 is 2.90 bits per heavy atom. The first-order chi connectivity index (χ1) is 14.6. The van der Waals surface area contributed by atoms with Gasteiger partial charge < -0.3 is 15.1 Å². The van der Waals surface area contributed by atoms with Crippen molar-refractivity contribution in [1.29, 1.82) is 0 Å². The molecule has 1 aliphatic carbocycles. The molecule has 2 N–H and O–H groups in total. The van der Waals surface area contributed by atoms with E-state index in [1.54, 1.807) is 0 Å². The van der Waals surface area contributed by atoms with Crippen LogP contribution < -0.4 is 10.6 Å². The van der Waals surface area contributed by atoms with Crippen LogP contribution in [0.2, 0.25) is 5.02 Å². The van der Waals surface area contributed by atoms with Gasteiger partial charge in [-0.1, -0.05) is 36.9 Å². The third-order valence-corrected chi connectivity index (χ3v) is 7.02. The summed E-state index contributed by atoms with van der Waals surface area (Å²) in [7, 11) is 0. The summed E-state index contributed by atoms with van der Waals surface area (Å²) in [5.41, 5.74) is 4.58. The molecular weight excluding hydrogens is 400 g/mol. The molecule has 2 amide bonds. The van der Waals surface area contributed by atoms with E-state index in [1.807, 2.05) is 18.3 Å². The number of benzene rings is 1. The standard InChI is InChI=1S/C23H23ClN4O2/c24-17-10-15-9-16(12-28-11-14-5-4-8-25-18(14)13-28)30-21(15)19-20(17)26-22(29)27-23(19)6-2-1-3-7-23/h4-5,8-10H,1-3,6-7,11-13H2,(H2,26,27,29). The number of pyridine rings is 1. The lowest BCUT2D eigenvalue weighted by atomic mass is 9.74. The van der Waals surface area contributed by atoms with Gasteiger partial charge in [-0.3, -0.25) is 9.88 Å². The molecule has 2 aliphatic heterocycles. The van der Waals surface area contributed by atoms with E-state index in [9.17, 15) is 4.79 Å². The predicted octanol–water partition coefficient (Wildman–Crippen LogP) is 5.29. The van der Waals surface area contributed by atoms with Crippen LogP contribution in [0.15, 0.2) is 34.9 Å². The van der Waals surface area contributed by atoms with Crippen LogP contribution in [0.5, 0.6) is 0 Å². The summed E-state index contributed by atoms with van der Waals surface area (Å²) in [6, 6.07) is 7.94. The summed E-state index contributed by atoms with van der Waals surface area (Å²) >= 11 is 6.63. The van der Waals surface area contributed by atoms with Gasteiger partial charge in [0.05, 0.1) is 28.5 Å². The van der Waals surface area contributed by atoms with Gasteiger partial charge in [0, 0.05) is 30.2 Å². The van der Waals surface area contributed by atoms with Crippen LogP contribution in [0.4, 0.5) is 10.5 Å². The fourth-order valence-corrected chi connectivity index (χ4v) is 5.67. The lowest BCUT2D eigenvalue weighted by Crippen LogP contribution is -2.52. The minimum atomic E-state index is -0.401. The summed E-state index contributed by atoms with van der Waals surface area (Å²) in [6.45, 7) is 2.42. The smallest absolute Gasteiger partial charge is 0.319 e. The van der Waals surface area contributed by atoms with E-state index >= 15 is 0 Å². The molecule has 0 atom stereocenters. The molecule has 2 aromatic heterocycles. The Morgan fingerprint density at radius 1 is 1.20 bits per heavy atom. The van der Waals surface area contributed by atoms with E-state index in [1.165, 1.54) is 12.0 Å². The topological polar surface area (TPSA) is 70.4 Å². The SMILES string of the molecule is O=C1Nc2c(Cl)cc3cc(CN4Cc5cccnc5C4)oc3c2C2(CCCCC2)N1. The number of rotatable bonds is 2. The van der Waals surface area contributed by atoms with Crippen molar-refractivity contribution in [3.63, 3.8) is 0 Å². The minimum absolute atomic E-state index is 0.181. The number of fused-ring (bicyclic) bond motifs is 5. The van der Waals surface area contributed by atoms with Crippen molar-refractivity contribution in [2.24, 2.45) is 0 Å². The van der Waals surface area contributed by atoms with E-state index < -0.39 is 5.54 Å². The number of hydrogen-bond acceptors (Lipinski definition) is 4. The zero-order chi connectivity index (χ0) is 20.3. The second kappa shape index (κ2) is 6.72. The minimum Gasteiger partial charge on any atom is -0.459 e. The summed E-state index contributed by atoms with van der Waals surface area (Å²) < 4.78 is 6.43. The second-order valence-electron chi connectivity index (χ2n) is 8.72. The van der Waals surface area contributed by atoms with Gasteiger partial charge >= 0.3 is 6.03 Å². The molecule has 0 saturated heterocycles. The highest BCUT2D eigenvalue weighted by atomic mass is 35.5. The van der Waals surface area contributed by atoms with E-state index in [-0.39, 0.29) is 6.03 Å². The van der Waals surface area contributed by atoms with Crippen LogP contribution in [0.1, 0.15) is 54.7 Å². The number of nitrogens with one attached hydrogen (secondary N) is 2. The highest BCUT2D eigenvalue weighted by Gasteiger charge is 2.43. The number of carbonyl (C=O) groups is 1. The molecule has 0 radical (unpaired) electrons. The zero-order valence-corrected chi connectivity index (χ0v) is 17.4. The largest absolute Gasteiger partial charge is 0.459 e. The Bertz CT molecular complexity index is 1140. The van der Waals surface area contributed by atoms with E-state index in [0.717, 1.165) is 66.8 Å². The quantitative estimate of drug-likeness (QED) is 0.588. The Balaban J connectivity index is 1.40. The molecule has 30 heavy (non-hydrogen) atoms. The summed E-state index contributed by atoms with van der Waals surface area (Å²) in [5.74, 6) is 0.908. The van der Waals surface area contributed by atoms with Crippen LogP contribution in [-0.2, 0) is 25.2 Å². The third kappa shape index (κ3) is 2.81. The van der Waals surface area contributed by atoms with Crippen molar-refractivity contribution in [2.75, 3.05) is 5.32 Å². The van der Waals surface area contributed by atoms with Crippen LogP contribution in [0, 0.1) is 0 Å². The molecule has 0 bridgehead atoms. The number of aromatic nitrogens is 1. The van der Waals surface area contributed by atoms with Gasteiger partial charge in [-0.15, -0.1) is 0 Å². The molecule has 7 heteroatoms. The van der Waals surface area contributed by atoms with Crippen LogP contribution >= 0.6 is 11.6 Å². The highest BCUT2D eigenvalue weighted by Crippen LogP contribution is 2.49. The Morgan fingerprint density at radius 2 is 2.07 bits per heavy atom. The number of halogens is 1. The van der Waals surface area contributed by atoms with Gasteiger partial charge in [0.25, 0.3) is 0 Å². The molecule has 3 aromatic rings. The first-order valence-electron chi connectivity index (χ1n) is 10.6. The maximum Gasteiger partial charge on any atom is 0.319 e. The highest BCUT2D eigenvalue weighted by molar-refractivity contribution is 6.35. The number of amides is 2. The zero-order valence-electron chi connectivity index (χ0n) is 16.6. The number of carbonyl (C=O) groups excluding carboxylic acids is 1. The molecule has 3 aliphatic rings. The Kier molecular flexibility index (Phi) is 4.08. The van der Waals surface area contributed by atoms with Crippen LogP contribution in [0.25, 0.3) is 11.0 Å². The number of urea groups is 1. The molecule has 1 saturated carbocycles. The average molecular weight is 423 g/mol.